The van der Waals surface area contributed by atoms with Crippen molar-refractivity contribution in [2.75, 3.05) is 19.7 Å². The molecule has 0 aromatic heterocycles. The Kier molecular flexibility index (Phi) is 4.85. The number of fused-ring (bicyclic) bond motifs is 1. The van der Waals surface area contributed by atoms with Crippen molar-refractivity contribution in [3.05, 3.63) is 0 Å². The average Bonchev–Trinajstić information content (AvgIpc) is 2.80. The Morgan fingerprint density at radius 2 is 2.11 bits per heavy atom. The van der Waals surface area contributed by atoms with Crippen LogP contribution < -0.4 is 5.73 Å². The van der Waals surface area contributed by atoms with Crippen molar-refractivity contribution in [1.82, 2.24) is 4.90 Å². The summed E-state index contributed by atoms with van der Waals surface area (Å²) < 4.78 is 5.05. The van der Waals surface area contributed by atoms with Crippen LogP contribution >= 0.6 is 0 Å². The third-order valence-electron chi connectivity index (χ3n) is 4.79. The van der Waals surface area contributed by atoms with Crippen molar-refractivity contribution < 1.29 is 9.53 Å². The third kappa shape index (κ3) is 3.48. The van der Waals surface area contributed by atoms with Crippen molar-refractivity contribution >= 4 is 5.97 Å². The number of ether oxygens (including phenoxy) is 1. The zero-order valence-corrected chi connectivity index (χ0v) is 12.4. The molecule has 2 N–H and O–H groups in total. The number of rotatable bonds is 5. The lowest BCUT2D eigenvalue weighted by Crippen LogP contribution is -2.49. The number of nitrogens with two attached hydrogens (primary N) is 1. The van der Waals surface area contributed by atoms with Gasteiger partial charge in [-0.1, -0.05) is 12.8 Å². The van der Waals surface area contributed by atoms with Crippen LogP contribution in [-0.2, 0) is 9.53 Å². The Morgan fingerprint density at radius 1 is 1.37 bits per heavy atom. The highest BCUT2D eigenvalue weighted by molar-refractivity contribution is 5.79. The molecule has 1 aliphatic carbocycles. The van der Waals surface area contributed by atoms with Crippen LogP contribution in [0.15, 0.2) is 0 Å². The fourth-order valence-electron chi connectivity index (χ4n) is 3.55. The minimum Gasteiger partial charge on any atom is -0.465 e. The first kappa shape index (κ1) is 14.8. The van der Waals surface area contributed by atoms with Gasteiger partial charge in [-0.15, -0.1) is 0 Å². The van der Waals surface area contributed by atoms with E-state index in [1.165, 1.54) is 38.6 Å². The van der Waals surface area contributed by atoms with Crippen LogP contribution in [0.4, 0.5) is 0 Å². The SMILES string of the molecule is CCOC(=O)C(C)(N)CCN1CCC2CCCCC21. The van der Waals surface area contributed by atoms with Gasteiger partial charge in [0.05, 0.1) is 6.61 Å². The zero-order valence-electron chi connectivity index (χ0n) is 12.4. The van der Waals surface area contributed by atoms with Gasteiger partial charge in [-0.3, -0.25) is 4.79 Å². The molecule has 0 bridgehead atoms. The van der Waals surface area contributed by atoms with Crippen LogP contribution in [0.2, 0.25) is 0 Å². The van der Waals surface area contributed by atoms with E-state index >= 15 is 0 Å². The van der Waals surface area contributed by atoms with Gasteiger partial charge in [-0.25, -0.2) is 0 Å². The van der Waals surface area contributed by atoms with Crippen LogP contribution in [0.5, 0.6) is 0 Å². The van der Waals surface area contributed by atoms with E-state index < -0.39 is 5.54 Å². The number of hydrogen-bond acceptors (Lipinski definition) is 4. The van der Waals surface area contributed by atoms with Crippen LogP contribution in [0.3, 0.4) is 0 Å². The fraction of sp³-hybridized carbons (Fsp3) is 0.933. The maximum atomic E-state index is 11.8. The molecule has 0 aromatic carbocycles. The molecule has 4 heteroatoms. The summed E-state index contributed by atoms with van der Waals surface area (Å²) in [4.78, 5) is 14.3. The number of esters is 1. The van der Waals surface area contributed by atoms with Gasteiger partial charge in [-0.05, 0) is 52.0 Å². The molecule has 2 rings (SSSR count). The highest BCUT2D eigenvalue weighted by atomic mass is 16.5. The predicted molar refractivity (Wildman–Crippen MR) is 75.8 cm³/mol. The molecule has 3 unspecified atom stereocenters. The number of carbonyl (C=O) groups excluding carboxylic acids is 1. The third-order valence-corrected chi connectivity index (χ3v) is 4.79. The fourth-order valence-corrected chi connectivity index (χ4v) is 3.55. The largest absolute Gasteiger partial charge is 0.465 e. The van der Waals surface area contributed by atoms with E-state index in [-0.39, 0.29) is 5.97 Å². The quantitative estimate of drug-likeness (QED) is 0.774. The molecule has 1 saturated heterocycles. The summed E-state index contributed by atoms with van der Waals surface area (Å²) in [6.07, 6.45) is 7.48. The monoisotopic (exact) mass is 268 g/mol. The summed E-state index contributed by atoms with van der Waals surface area (Å²) >= 11 is 0. The molecule has 110 valence electrons. The summed E-state index contributed by atoms with van der Waals surface area (Å²) in [6, 6.07) is 0.742. The van der Waals surface area contributed by atoms with E-state index in [0.29, 0.717) is 13.0 Å². The molecule has 1 saturated carbocycles. The number of nitrogens with zero attached hydrogens (tertiary/aromatic N) is 1. The van der Waals surface area contributed by atoms with Gasteiger partial charge in [0.15, 0.2) is 0 Å². The highest BCUT2D eigenvalue weighted by Gasteiger charge is 2.37. The molecule has 0 amide bonds. The van der Waals surface area contributed by atoms with Crippen molar-refractivity contribution in [3.8, 4) is 0 Å². The van der Waals surface area contributed by atoms with E-state index in [2.05, 4.69) is 4.90 Å². The average molecular weight is 268 g/mol. The summed E-state index contributed by atoms with van der Waals surface area (Å²) in [5.41, 5.74) is 5.25. The van der Waals surface area contributed by atoms with Crippen LogP contribution in [0.25, 0.3) is 0 Å². The summed E-state index contributed by atoms with van der Waals surface area (Å²) in [5.74, 6) is 0.620. The highest BCUT2D eigenvalue weighted by Crippen LogP contribution is 2.36. The summed E-state index contributed by atoms with van der Waals surface area (Å²) in [7, 11) is 0. The molecular weight excluding hydrogens is 240 g/mol. The molecule has 0 aromatic rings. The minimum atomic E-state index is -0.844. The van der Waals surface area contributed by atoms with Gasteiger partial charge in [-0.2, -0.15) is 0 Å². The van der Waals surface area contributed by atoms with E-state index in [4.69, 9.17) is 10.5 Å². The number of likely N-dealkylation sites (tertiary alicyclic amines) is 1. The van der Waals surface area contributed by atoms with E-state index in [9.17, 15) is 4.79 Å². The van der Waals surface area contributed by atoms with Crippen molar-refractivity contribution in [2.24, 2.45) is 11.7 Å². The summed E-state index contributed by atoms with van der Waals surface area (Å²) in [5, 5.41) is 0. The van der Waals surface area contributed by atoms with Gasteiger partial charge in [0.1, 0.15) is 5.54 Å². The standard InChI is InChI=1S/C15H28N2O2/c1-3-19-14(18)15(2,16)9-11-17-10-8-12-6-4-5-7-13(12)17/h12-13H,3-11,16H2,1-2H3. The molecule has 0 spiro atoms. The molecule has 1 heterocycles. The first-order valence-electron chi connectivity index (χ1n) is 7.74. The Labute approximate surface area is 116 Å². The number of carbonyl (C=O) groups is 1. The van der Waals surface area contributed by atoms with Crippen LogP contribution in [0.1, 0.15) is 52.4 Å². The second-order valence-corrected chi connectivity index (χ2v) is 6.32. The molecule has 0 radical (unpaired) electrons. The topological polar surface area (TPSA) is 55.6 Å². The molecule has 2 aliphatic rings. The van der Waals surface area contributed by atoms with Gasteiger partial charge in [0.2, 0.25) is 0 Å². The zero-order chi connectivity index (χ0) is 13.9. The van der Waals surface area contributed by atoms with E-state index in [1.54, 1.807) is 6.92 Å². The lowest BCUT2D eigenvalue weighted by atomic mass is 9.85. The van der Waals surface area contributed by atoms with Crippen molar-refractivity contribution in [3.63, 3.8) is 0 Å². The Morgan fingerprint density at radius 3 is 2.84 bits per heavy atom. The first-order chi connectivity index (χ1) is 9.04. The smallest absolute Gasteiger partial charge is 0.325 e. The Bertz CT molecular complexity index is 317. The summed E-state index contributed by atoms with van der Waals surface area (Å²) in [6.45, 7) is 6.11. The van der Waals surface area contributed by atoms with Crippen molar-refractivity contribution in [2.45, 2.75) is 64.0 Å². The normalized spacial score (nSPS) is 30.7. The van der Waals surface area contributed by atoms with Crippen LogP contribution in [0, 0.1) is 5.92 Å². The maximum absolute atomic E-state index is 11.8. The molecule has 19 heavy (non-hydrogen) atoms. The van der Waals surface area contributed by atoms with Gasteiger partial charge < -0.3 is 15.4 Å². The van der Waals surface area contributed by atoms with Gasteiger partial charge in [0.25, 0.3) is 0 Å². The Balaban J connectivity index is 1.83. The molecule has 4 nitrogen and oxygen atoms in total. The minimum absolute atomic E-state index is 0.269. The molecule has 3 atom stereocenters. The van der Waals surface area contributed by atoms with E-state index in [0.717, 1.165) is 18.5 Å². The molecular formula is C15H28N2O2. The maximum Gasteiger partial charge on any atom is 0.325 e. The predicted octanol–water partition coefficient (Wildman–Crippen LogP) is 1.92. The number of hydrogen-bond donors (Lipinski definition) is 1. The lowest BCUT2D eigenvalue weighted by Gasteiger charge is -2.33. The van der Waals surface area contributed by atoms with Crippen LogP contribution in [-0.4, -0.2) is 42.1 Å². The lowest BCUT2D eigenvalue weighted by molar-refractivity contribution is -0.149. The Hall–Kier alpha value is -0.610. The second kappa shape index (κ2) is 6.23. The second-order valence-electron chi connectivity index (χ2n) is 6.32. The van der Waals surface area contributed by atoms with Gasteiger partial charge in [0, 0.05) is 12.6 Å². The molecule has 2 fully saturated rings. The molecule has 1 aliphatic heterocycles. The first-order valence-corrected chi connectivity index (χ1v) is 7.74. The van der Waals surface area contributed by atoms with Gasteiger partial charge >= 0.3 is 5.97 Å². The van der Waals surface area contributed by atoms with Crippen molar-refractivity contribution in [1.29, 1.82) is 0 Å². The van der Waals surface area contributed by atoms with E-state index in [1.807, 2.05) is 6.92 Å².